The zero-order valence-electron chi connectivity index (χ0n) is 17.2. The van der Waals surface area contributed by atoms with E-state index < -0.39 is 62.7 Å². The summed E-state index contributed by atoms with van der Waals surface area (Å²) >= 11 is 6.74. The molecule has 1 aromatic rings. The molecule has 0 aromatic heterocycles. The van der Waals surface area contributed by atoms with Gasteiger partial charge >= 0.3 is 0 Å². The molecule has 2 unspecified atom stereocenters. The molecule has 0 spiro atoms. The Morgan fingerprint density at radius 1 is 1.22 bits per heavy atom. The first-order valence-corrected chi connectivity index (χ1v) is 11.5. The summed E-state index contributed by atoms with van der Waals surface area (Å²) in [6.07, 6.45) is -1.70. The average Bonchev–Trinajstić information content (AvgIpc) is 2.70. The summed E-state index contributed by atoms with van der Waals surface area (Å²) in [6, 6.07) is 1.94. The van der Waals surface area contributed by atoms with Crippen LogP contribution in [-0.4, -0.2) is 79.0 Å². The maximum atomic E-state index is 13.6. The fourth-order valence-electron chi connectivity index (χ4n) is 5.61. The molecule has 0 saturated heterocycles. The van der Waals surface area contributed by atoms with E-state index in [0.29, 0.717) is 10.0 Å². The fraction of sp³-hybridized carbons (Fsp3) is 0.476. The second-order valence-corrected chi connectivity index (χ2v) is 11.0. The topological polar surface area (TPSA) is 161 Å². The van der Waals surface area contributed by atoms with Crippen molar-refractivity contribution >= 4 is 49.3 Å². The van der Waals surface area contributed by atoms with Gasteiger partial charge in [-0.2, -0.15) is 0 Å². The smallest absolute Gasteiger partial charge is 0.255 e. The number of hydrogen-bond donors (Lipinski definition) is 5. The molecule has 0 aliphatic heterocycles. The Morgan fingerprint density at radius 2 is 1.84 bits per heavy atom. The van der Waals surface area contributed by atoms with Crippen molar-refractivity contribution in [2.75, 3.05) is 14.1 Å². The number of Topliss-reactive ketones (excluding diaryl/α,β-unsaturated/α-hetero) is 2. The number of nitrogens with two attached hydrogens (primary N) is 1. The third kappa shape index (κ3) is 2.75. The number of fused-ring (bicyclic) bond motifs is 3. The summed E-state index contributed by atoms with van der Waals surface area (Å²) in [4.78, 5) is 40.4. The van der Waals surface area contributed by atoms with Crippen molar-refractivity contribution in [2.24, 2.45) is 17.6 Å². The number of phenolic OH excluding ortho intramolecular Hbond substituents is 1. The number of aliphatic hydroxyl groups is 3. The van der Waals surface area contributed by atoms with E-state index in [2.05, 4.69) is 31.9 Å². The van der Waals surface area contributed by atoms with Crippen molar-refractivity contribution in [1.82, 2.24) is 4.90 Å². The van der Waals surface area contributed by atoms with Gasteiger partial charge < -0.3 is 26.2 Å². The molecule has 0 bridgehead atoms. The Hall–Kier alpha value is -1.79. The number of alkyl halides is 1. The molecule has 32 heavy (non-hydrogen) atoms. The number of primary amides is 1. The van der Waals surface area contributed by atoms with Gasteiger partial charge in [0.05, 0.1) is 11.6 Å². The lowest BCUT2D eigenvalue weighted by atomic mass is 9.53. The van der Waals surface area contributed by atoms with Gasteiger partial charge in [-0.3, -0.25) is 19.3 Å². The highest BCUT2D eigenvalue weighted by molar-refractivity contribution is 9.10. The van der Waals surface area contributed by atoms with Gasteiger partial charge in [0, 0.05) is 10.4 Å². The van der Waals surface area contributed by atoms with Crippen LogP contribution in [0.15, 0.2) is 27.9 Å². The Bertz CT molecular complexity index is 1100. The molecule has 3 aliphatic rings. The predicted molar refractivity (Wildman–Crippen MR) is 119 cm³/mol. The molecule has 11 heteroatoms. The van der Waals surface area contributed by atoms with E-state index >= 15 is 0 Å². The first-order valence-electron chi connectivity index (χ1n) is 9.88. The van der Waals surface area contributed by atoms with Crippen molar-refractivity contribution in [2.45, 2.75) is 34.9 Å². The normalized spacial score (nSPS) is 36.6. The number of hydrogen-bond acceptors (Lipinski definition) is 8. The van der Waals surface area contributed by atoms with E-state index in [9.17, 15) is 34.8 Å². The number of amides is 1. The molecular weight excluding hydrogens is 552 g/mol. The Labute approximate surface area is 200 Å². The monoisotopic (exact) mass is 572 g/mol. The number of rotatable bonds is 2. The second kappa shape index (κ2) is 7.36. The number of aromatic hydroxyl groups is 1. The molecule has 9 nitrogen and oxygen atoms in total. The van der Waals surface area contributed by atoms with Crippen LogP contribution in [0, 0.1) is 11.8 Å². The largest absolute Gasteiger partial charge is 0.510 e. The van der Waals surface area contributed by atoms with E-state index in [1.54, 1.807) is 20.2 Å². The minimum atomic E-state index is -2.58. The lowest BCUT2D eigenvalue weighted by Crippen LogP contribution is -2.75. The van der Waals surface area contributed by atoms with Gasteiger partial charge in [-0.05, 0) is 50.6 Å². The fourth-order valence-corrected chi connectivity index (χ4v) is 6.99. The van der Waals surface area contributed by atoms with E-state index in [1.165, 1.54) is 11.0 Å². The summed E-state index contributed by atoms with van der Waals surface area (Å²) in [5.74, 6) is -5.65. The summed E-state index contributed by atoms with van der Waals surface area (Å²) in [6.45, 7) is 0. The van der Waals surface area contributed by atoms with Crippen LogP contribution in [0.3, 0.4) is 0 Å². The molecule has 1 fully saturated rings. The first kappa shape index (κ1) is 23.4. The van der Waals surface area contributed by atoms with E-state index in [0.717, 1.165) is 0 Å². The van der Waals surface area contributed by atoms with Crippen molar-refractivity contribution in [3.05, 3.63) is 39.1 Å². The minimum absolute atomic E-state index is 0.0190. The van der Waals surface area contributed by atoms with Crippen LogP contribution in [0.25, 0.3) is 0 Å². The number of halogens is 2. The van der Waals surface area contributed by atoms with Crippen LogP contribution >= 0.6 is 31.9 Å². The lowest BCUT2D eigenvalue weighted by Gasteiger charge is -2.58. The standard InChI is InChI=1S/C21H22Br2N2O7/c1-25(2)14-9-6-7-5-8-10(22)3-4-11(26)12(8)16(28)20(7,23)19(31)21(9,32)17(29)13(15(14)27)18(24)30/h3-4,7,9,14,19,26-27,31-32H,5-6H2,1-2H3,(H2,24,30)/t7-,9-,14-,19?,20?,21+/m0/s1. The van der Waals surface area contributed by atoms with Gasteiger partial charge in [0.15, 0.2) is 11.4 Å². The van der Waals surface area contributed by atoms with Gasteiger partial charge in [-0.25, -0.2) is 0 Å². The summed E-state index contributed by atoms with van der Waals surface area (Å²) in [7, 11) is 3.18. The maximum Gasteiger partial charge on any atom is 0.255 e. The van der Waals surface area contributed by atoms with Gasteiger partial charge in [0.2, 0.25) is 5.78 Å². The van der Waals surface area contributed by atoms with Crippen LogP contribution < -0.4 is 5.73 Å². The quantitative estimate of drug-likeness (QED) is 0.253. The predicted octanol–water partition coefficient (Wildman–Crippen LogP) is 0.566. The van der Waals surface area contributed by atoms with E-state index in [-0.39, 0.29) is 24.2 Å². The molecule has 0 heterocycles. The SMILES string of the molecule is CN(C)[C@@H]1C(O)=C(C(N)=O)C(=O)[C@@]2(O)C(O)C3(Br)C(=O)c4c(O)ccc(Br)c4C[C@H]3C[C@@H]12. The molecule has 1 saturated carbocycles. The van der Waals surface area contributed by atoms with Crippen LogP contribution in [-0.2, 0) is 16.0 Å². The van der Waals surface area contributed by atoms with E-state index in [1.807, 2.05) is 0 Å². The zero-order valence-corrected chi connectivity index (χ0v) is 20.3. The number of phenols is 1. The second-order valence-electron chi connectivity index (χ2n) is 8.85. The lowest BCUT2D eigenvalue weighted by molar-refractivity contribution is -0.185. The van der Waals surface area contributed by atoms with Gasteiger partial charge in [0.25, 0.3) is 5.91 Å². The van der Waals surface area contributed by atoms with Gasteiger partial charge in [0.1, 0.15) is 27.5 Å². The Morgan fingerprint density at radius 3 is 2.41 bits per heavy atom. The molecule has 1 aromatic carbocycles. The number of benzene rings is 1. The highest BCUT2D eigenvalue weighted by atomic mass is 79.9. The van der Waals surface area contributed by atoms with Crippen molar-refractivity contribution in [1.29, 1.82) is 0 Å². The van der Waals surface area contributed by atoms with Crippen molar-refractivity contribution in [3.8, 4) is 5.75 Å². The van der Waals surface area contributed by atoms with Crippen LogP contribution in [0.5, 0.6) is 5.75 Å². The highest BCUT2D eigenvalue weighted by Gasteiger charge is 2.71. The Kier molecular flexibility index (Phi) is 5.37. The summed E-state index contributed by atoms with van der Waals surface area (Å²) < 4.78 is -1.21. The highest BCUT2D eigenvalue weighted by Crippen LogP contribution is 2.58. The van der Waals surface area contributed by atoms with E-state index in [4.69, 9.17) is 5.73 Å². The molecule has 4 rings (SSSR count). The molecule has 1 amide bonds. The van der Waals surface area contributed by atoms with Crippen molar-refractivity contribution in [3.63, 3.8) is 0 Å². The van der Waals surface area contributed by atoms with Gasteiger partial charge in [-0.1, -0.05) is 31.9 Å². The minimum Gasteiger partial charge on any atom is -0.510 e. The zero-order chi connectivity index (χ0) is 23.9. The molecule has 3 aliphatic carbocycles. The molecular formula is C21H22Br2N2O7. The van der Waals surface area contributed by atoms with Crippen LogP contribution in [0.4, 0.5) is 0 Å². The maximum absolute atomic E-state index is 13.6. The first-order chi connectivity index (χ1) is 14.8. The average molecular weight is 574 g/mol. The van der Waals surface area contributed by atoms with Crippen LogP contribution in [0.2, 0.25) is 0 Å². The van der Waals surface area contributed by atoms with Crippen LogP contribution in [0.1, 0.15) is 22.3 Å². The molecule has 172 valence electrons. The van der Waals surface area contributed by atoms with Gasteiger partial charge in [-0.15, -0.1) is 0 Å². The number of carbonyl (C=O) groups excluding carboxylic acids is 3. The number of likely N-dealkylation sites (N-methyl/N-ethyl adjacent to an activating group) is 1. The number of ketones is 2. The number of aliphatic hydroxyl groups excluding tert-OH is 2. The third-order valence-electron chi connectivity index (χ3n) is 7.08. The Balaban J connectivity index is 1.95. The molecule has 0 radical (unpaired) electrons. The summed E-state index contributed by atoms with van der Waals surface area (Å²) in [5.41, 5.74) is 2.47. The summed E-state index contributed by atoms with van der Waals surface area (Å²) in [5, 5.41) is 44.2. The number of carbonyl (C=O) groups is 3. The third-order valence-corrected chi connectivity index (χ3v) is 9.27. The van der Waals surface area contributed by atoms with Crippen molar-refractivity contribution < 1.29 is 34.8 Å². The number of nitrogens with zero attached hydrogens (tertiary/aromatic N) is 1. The molecule has 6 N–H and O–H groups in total. The molecule has 6 atom stereocenters.